The van der Waals surface area contributed by atoms with Crippen LogP contribution in [0.5, 0.6) is 0 Å². The van der Waals surface area contributed by atoms with Crippen LogP contribution in [0.4, 0.5) is 5.69 Å². The fraction of sp³-hybridized carbons (Fsp3) is 0.250. The zero-order valence-corrected chi connectivity index (χ0v) is 13.2. The Morgan fingerprint density at radius 1 is 1.16 bits per heavy atom. The molecule has 0 saturated heterocycles. The molecule has 3 heteroatoms. The second-order valence-electron chi connectivity index (χ2n) is 4.53. The summed E-state index contributed by atoms with van der Waals surface area (Å²) >= 11 is 9.48. The number of hydrogen-bond donors (Lipinski definition) is 1. The highest BCUT2D eigenvalue weighted by Gasteiger charge is 2.10. The van der Waals surface area contributed by atoms with E-state index in [0.29, 0.717) is 6.04 Å². The third kappa shape index (κ3) is 3.99. The van der Waals surface area contributed by atoms with Crippen molar-refractivity contribution in [2.45, 2.75) is 25.8 Å². The van der Waals surface area contributed by atoms with Crippen LogP contribution in [-0.2, 0) is 0 Å². The van der Waals surface area contributed by atoms with Crippen LogP contribution < -0.4 is 5.32 Å². The average Bonchev–Trinajstić information content (AvgIpc) is 2.43. The molecule has 1 atom stereocenters. The van der Waals surface area contributed by atoms with Crippen molar-refractivity contribution in [1.82, 2.24) is 0 Å². The van der Waals surface area contributed by atoms with E-state index >= 15 is 0 Å². The lowest BCUT2D eigenvalue weighted by Crippen LogP contribution is -2.10. The molecule has 0 spiro atoms. The molecule has 0 amide bonds. The molecular weight excluding hydrogens is 322 g/mol. The van der Waals surface area contributed by atoms with Crippen LogP contribution in [0, 0.1) is 0 Å². The molecule has 0 aromatic heterocycles. The number of hydrogen-bond acceptors (Lipinski definition) is 1. The number of benzene rings is 2. The Kier molecular flexibility index (Phi) is 5.29. The SMILES string of the molecule is CCCC(Nc1ccc(Cl)c(Br)c1)c1ccccc1. The molecule has 2 rings (SSSR count). The molecule has 0 aliphatic rings. The highest BCUT2D eigenvalue weighted by Crippen LogP contribution is 2.29. The minimum Gasteiger partial charge on any atom is -0.378 e. The summed E-state index contributed by atoms with van der Waals surface area (Å²) in [6.07, 6.45) is 2.24. The van der Waals surface area contributed by atoms with Gasteiger partial charge in [0, 0.05) is 10.2 Å². The molecular formula is C16H17BrClN. The molecule has 100 valence electrons. The Morgan fingerprint density at radius 2 is 1.89 bits per heavy atom. The molecule has 2 aromatic carbocycles. The van der Waals surface area contributed by atoms with Gasteiger partial charge in [-0.15, -0.1) is 0 Å². The largest absolute Gasteiger partial charge is 0.378 e. The van der Waals surface area contributed by atoms with E-state index in [1.165, 1.54) is 5.56 Å². The van der Waals surface area contributed by atoms with Crippen LogP contribution in [0.25, 0.3) is 0 Å². The van der Waals surface area contributed by atoms with Gasteiger partial charge in [-0.25, -0.2) is 0 Å². The van der Waals surface area contributed by atoms with Crippen molar-refractivity contribution in [3.05, 3.63) is 63.6 Å². The standard InChI is InChI=1S/C16H17BrClN/c1-2-6-16(12-7-4-3-5-8-12)19-13-9-10-15(18)14(17)11-13/h3-5,7-11,16,19H,2,6H2,1H3. The molecule has 19 heavy (non-hydrogen) atoms. The van der Waals surface area contributed by atoms with E-state index < -0.39 is 0 Å². The summed E-state index contributed by atoms with van der Waals surface area (Å²) in [6.45, 7) is 2.20. The van der Waals surface area contributed by atoms with Gasteiger partial charge in [0.05, 0.1) is 11.1 Å². The summed E-state index contributed by atoms with van der Waals surface area (Å²) in [5.74, 6) is 0. The van der Waals surface area contributed by atoms with E-state index in [4.69, 9.17) is 11.6 Å². The Hall–Kier alpha value is -0.990. The Bertz CT molecular complexity index is 528. The van der Waals surface area contributed by atoms with Crippen LogP contribution in [0.1, 0.15) is 31.4 Å². The molecule has 0 aliphatic carbocycles. The van der Waals surface area contributed by atoms with Crippen molar-refractivity contribution in [2.75, 3.05) is 5.32 Å². The molecule has 0 bridgehead atoms. The smallest absolute Gasteiger partial charge is 0.0549 e. The molecule has 0 fully saturated rings. The van der Waals surface area contributed by atoms with Gasteiger partial charge in [-0.2, -0.15) is 0 Å². The van der Waals surface area contributed by atoms with Crippen molar-refractivity contribution in [3.8, 4) is 0 Å². The lowest BCUT2D eigenvalue weighted by atomic mass is 10.0. The Morgan fingerprint density at radius 3 is 2.53 bits per heavy atom. The average molecular weight is 339 g/mol. The Balaban J connectivity index is 2.19. The van der Waals surface area contributed by atoms with Gasteiger partial charge in [0.1, 0.15) is 0 Å². The van der Waals surface area contributed by atoms with Gasteiger partial charge in [-0.05, 0) is 46.1 Å². The highest BCUT2D eigenvalue weighted by molar-refractivity contribution is 9.10. The Labute approximate surface area is 128 Å². The first-order chi connectivity index (χ1) is 9.20. The fourth-order valence-corrected chi connectivity index (χ4v) is 2.58. The summed E-state index contributed by atoms with van der Waals surface area (Å²) in [5, 5.41) is 4.31. The van der Waals surface area contributed by atoms with Crippen LogP contribution in [0.2, 0.25) is 5.02 Å². The summed E-state index contributed by atoms with van der Waals surface area (Å²) in [5.41, 5.74) is 2.40. The molecule has 0 radical (unpaired) electrons. The number of rotatable bonds is 5. The molecule has 0 aliphatic heterocycles. The van der Waals surface area contributed by atoms with E-state index in [0.717, 1.165) is 28.0 Å². The minimum atomic E-state index is 0.333. The predicted octanol–water partition coefficient (Wildman–Crippen LogP) is 6.06. The first kappa shape index (κ1) is 14.4. The second kappa shape index (κ2) is 6.97. The van der Waals surface area contributed by atoms with E-state index in [2.05, 4.69) is 52.4 Å². The van der Waals surface area contributed by atoms with Crippen molar-refractivity contribution < 1.29 is 0 Å². The summed E-state index contributed by atoms with van der Waals surface area (Å²) in [7, 11) is 0. The minimum absolute atomic E-state index is 0.333. The lowest BCUT2D eigenvalue weighted by molar-refractivity contribution is 0.677. The first-order valence-corrected chi connectivity index (χ1v) is 7.64. The zero-order chi connectivity index (χ0) is 13.7. The molecule has 1 unspecified atom stereocenters. The number of nitrogens with one attached hydrogen (secondary N) is 1. The van der Waals surface area contributed by atoms with Crippen molar-refractivity contribution in [2.24, 2.45) is 0 Å². The number of anilines is 1. The quantitative estimate of drug-likeness (QED) is 0.699. The van der Waals surface area contributed by atoms with Gasteiger partial charge in [-0.1, -0.05) is 55.3 Å². The topological polar surface area (TPSA) is 12.0 Å². The molecule has 0 saturated carbocycles. The normalized spacial score (nSPS) is 12.2. The lowest BCUT2D eigenvalue weighted by Gasteiger charge is -2.20. The van der Waals surface area contributed by atoms with E-state index in [-0.39, 0.29) is 0 Å². The molecule has 0 heterocycles. The van der Waals surface area contributed by atoms with E-state index in [1.807, 2.05) is 24.3 Å². The number of halogens is 2. The fourth-order valence-electron chi connectivity index (χ4n) is 2.08. The van der Waals surface area contributed by atoms with Gasteiger partial charge in [0.15, 0.2) is 0 Å². The summed E-state index contributed by atoms with van der Waals surface area (Å²) in [6, 6.07) is 16.8. The summed E-state index contributed by atoms with van der Waals surface area (Å²) < 4.78 is 0.919. The molecule has 2 aromatic rings. The van der Waals surface area contributed by atoms with Crippen LogP contribution >= 0.6 is 27.5 Å². The van der Waals surface area contributed by atoms with E-state index in [9.17, 15) is 0 Å². The summed E-state index contributed by atoms with van der Waals surface area (Å²) in [4.78, 5) is 0. The van der Waals surface area contributed by atoms with Crippen molar-refractivity contribution in [1.29, 1.82) is 0 Å². The van der Waals surface area contributed by atoms with Gasteiger partial charge in [0.2, 0.25) is 0 Å². The van der Waals surface area contributed by atoms with Crippen LogP contribution in [-0.4, -0.2) is 0 Å². The maximum absolute atomic E-state index is 6.02. The third-order valence-corrected chi connectivity index (χ3v) is 4.25. The molecule has 1 nitrogen and oxygen atoms in total. The van der Waals surface area contributed by atoms with E-state index in [1.54, 1.807) is 0 Å². The maximum atomic E-state index is 6.02. The maximum Gasteiger partial charge on any atom is 0.0549 e. The zero-order valence-electron chi connectivity index (χ0n) is 10.9. The van der Waals surface area contributed by atoms with Gasteiger partial charge in [0.25, 0.3) is 0 Å². The monoisotopic (exact) mass is 337 g/mol. The predicted molar refractivity (Wildman–Crippen MR) is 86.9 cm³/mol. The van der Waals surface area contributed by atoms with Crippen LogP contribution in [0.15, 0.2) is 53.0 Å². The van der Waals surface area contributed by atoms with Gasteiger partial charge < -0.3 is 5.32 Å². The van der Waals surface area contributed by atoms with Crippen LogP contribution in [0.3, 0.4) is 0 Å². The van der Waals surface area contributed by atoms with Gasteiger partial charge >= 0.3 is 0 Å². The second-order valence-corrected chi connectivity index (χ2v) is 5.79. The third-order valence-electron chi connectivity index (χ3n) is 3.04. The van der Waals surface area contributed by atoms with Gasteiger partial charge in [-0.3, -0.25) is 0 Å². The van der Waals surface area contributed by atoms with Crippen molar-refractivity contribution in [3.63, 3.8) is 0 Å². The van der Waals surface area contributed by atoms with Crippen molar-refractivity contribution >= 4 is 33.2 Å². The highest BCUT2D eigenvalue weighted by atomic mass is 79.9. The first-order valence-electron chi connectivity index (χ1n) is 6.47. The molecule has 1 N–H and O–H groups in total.